The van der Waals surface area contributed by atoms with E-state index in [4.69, 9.17) is 25.2 Å². The molecular formula is C16H26B2O2Y2-4. The maximum absolute atomic E-state index is 5.56. The summed E-state index contributed by atoms with van der Waals surface area (Å²) in [6, 6.07) is -0.431. The fraction of sp³-hybridized carbons (Fsp3) is 0.750. The van der Waals surface area contributed by atoms with Gasteiger partial charge < -0.3 is 36.2 Å². The van der Waals surface area contributed by atoms with Crippen LogP contribution in [0.5, 0.6) is 0 Å². The smallest absolute Gasteiger partial charge is 0.0623 e. The Morgan fingerprint density at radius 2 is 1.14 bits per heavy atom. The first-order valence-corrected chi connectivity index (χ1v) is 7.44. The van der Waals surface area contributed by atoms with Crippen LogP contribution >= 0.6 is 0 Å². The minimum Gasteiger partial charge on any atom is -0.446 e. The van der Waals surface area contributed by atoms with Crippen molar-refractivity contribution in [1.29, 1.82) is 0 Å². The molecule has 2 rings (SSSR count). The zero-order valence-corrected chi connectivity index (χ0v) is 20.1. The third-order valence-corrected chi connectivity index (χ3v) is 4.55. The molecule has 118 valence electrons. The van der Waals surface area contributed by atoms with Crippen molar-refractivity contribution >= 4 is 15.7 Å². The Kier molecular flexibility index (Phi) is 13.3. The van der Waals surface area contributed by atoms with Gasteiger partial charge in [-0.15, -0.1) is 12.0 Å². The predicted molar refractivity (Wildman–Crippen MR) is 84.9 cm³/mol. The summed E-state index contributed by atoms with van der Waals surface area (Å²) in [6.07, 6.45) is 5.82. The maximum Gasteiger partial charge on any atom is 0.0623 e. The molecule has 2 saturated heterocycles. The van der Waals surface area contributed by atoms with E-state index in [9.17, 15) is 0 Å². The molecule has 0 spiro atoms. The van der Waals surface area contributed by atoms with Crippen LogP contribution in [0.15, 0.2) is 0 Å². The van der Waals surface area contributed by atoms with E-state index in [-0.39, 0.29) is 88.6 Å². The molecule has 0 saturated carbocycles. The van der Waals surface area contributed by atoms with Gasteiger partial charge in [-0.25, -0.2) is 0 Å². The summed E-state index contributed by atoms with van der Waals surface area (Å²) >= 11 is 0. The molecule has 2 fully saturated rings. The topological polar surface area (TPSA) is 18.5 Å². The van der Waals surface area contributed by atoms with Crippen molar-refractivity contribution in [2.24, 2.45) is 11.8 Å². The second-order valence-corrected chi connectivity index (χ2v) is 5.96. The van der Waals surface area contributed by atoms with Crippen molar-refractivity contribution in [2.75, 3.05) is 0 Å². The average molecular weight is 450 g/mol. The minimum atomic E-state index is -0.264. The van der Waals surface area contributed by atoms with Crippen molar-refractivity contribution in [3.8, 4) is 0 Å². The van der Waals surface area contributed by atoms with E-state index in [1.54, 1.807) is 0 Å². The fourth-order valence-corrected chi connectivity index (χ4v) is 2.57. The average Bonchev–Trinajstić information content (AvgIpc) is 2.78. The number of ether oxygens (including phenoxy) is 2. The van der Waals surface area contributed by atoms with Crippen LogP contribution in [-0.2, 0) is 74.9 Å². The van der Waals surface area contributed by atoms with Gasteiger partial charge in [0.25, 0.3) is 0 Å². The van der Waals surface area contributed by atoms with E-state index in [0.717, 1.165) is 12.8 Å². The molecule has 2 unspecified atom stereocenters. The van der Waals surface area contributed by atoms with E-state index >= 15 is 0 Å². The van der Waals surface area contributed by atoms with E-state index in [2.05, 4.69) is 41.5 Å². The first-order chi connectivity index (χ1) is 9.16. The SMILES string of the molecule is [B][C@H]1[CH-][C@@H](C)C([CH2-])(CC)O1.[B][C@H]1[CH-][C@H](C)C([CH2-])(CC)O1.[Y].[Y]. The van der Waals surface area contributed by atoms with Gasteiger partial charge in [-0.2, -0.15) is 11.8 Å². The summed E-state index contributed by atoms with van der Waals surface area (Å²) in [5.74, 6) is 0.736. The summed E-state index contributed by atoms with van der Waals surface area (Å²) in [4.78, 5) is 0. The van der Waals surface area contributed by atoms with Crippen LogP contribution in [0.2, 0.25) is 0 Å². The molecule has 2 heterocycles. The molecule has 0 bridgehead atoms. The van der Waals surface area contributed by atoms with E-state index < -0.39 is 0 Å². The molecule has 0 aromatic carbocycles. The molecule has 0 amide bonds. The quantitative estimate of drug-likeness (QED) is 0.477. The minimum absolute atomic E-state index is 0. The summed E-state index contributed by atoms with van der Waals surface area (Å²) < 4.78 is 10.8. The molecule has 2 nitrogen and oxygen atoms in total. The van der Waals surface area contributed by atoms with Gasteiger partial charge in [0.1, 0.15) is 0 Å². The molecule has 22 heavy (non-hydrogen) atoms. The van der Waals surface area contributed by atoms with Crippen molar-refractivity contribution in [3.63, 3.8) is 0 Å². The molecular weight excluding hydrogens is 424 g/mol. The van der Waals surface area contributed by atoms with Crippen LogP contribution in [-0.4, -0.2) is 38.9 Å². The van der Waals surface area contributed by atoms with Crippen molar-refractivity contribution in [1.82, 2.24) is 0 Å². The van der Waals surface area contributed by atoms with E-state index in [1.165, 1.54) is 0 Å². The van der Waals surface area contributed by atoms with Crippen molar-refractivity contribution < 1.29 is 74.9 Å². The third kappa shape index (κ3) is 6.87. The van der Waals surface area contributed by atoms with Crippen LogP contribution in [0.1, 0.15) is 40.5 Å². The molecule has 6 atom stereocenters. The van der Waals surface area contributed by atoms with Gasteiger partial charge in [-0.05, 0) is 0 Å². The number of hydrogen-bond donors (Lipinski definition) is 0. The predicted octanol–water partition coefficient (Wildman–Crippen LogP) is 2.66. The Bertz CT molecular complexity index is 293. The van der Waals surface area contributed by atoms with Crippen LogP contribution < -0.4 is 0 Å². The van der Waals surface area contributed by atoms with Crippen LogP contribution in [0, 0.1) is 38.5 Å². The Morgan fingerprint density at radius 1 is 0.864 bits per heavy atom. The third-order valence-electron chi connectivity index (χ3n) is 4.55. The number of rotatable bonds is 2. The molecule has 2 aliphatic heterocycles. The van der Waals surface area contributed by atoms with Crippen LogP contribution in [0.3, 0.4) is 0 Å². The van der Waals surface area contributed by atoms with Crippen LogP contribution in [0.4, 0.5) is 0 Å². The summed E-state index contributed by atoms with van der Waals surface area (Å²) in [6.45, 7) is 16.3. The zero-order chi connectivity index (χ0) is 15.6. The Morgan fingerprint density at radius 3 is 1.23 bits per heavy atom. The van der Waals surface area contributed by atoms with Gasteiger partial charge in [0.15, 0.2) is 0 Å². The Hall–Kier alpha value is 2.26. The van der Waals surface area contributed by atoms with Gasteiger partial charge in [0, 0.05) is 65.4 Å². The Labute approximate surface area is 191 Å². The second kappa shape index (κ2) is 11.1. The molecule has 0 N–H and O–H groups in total. The maximum atomic E-state index is 5.56. The largest absolute Gasteiger partial charge is 0.446 e. The molecule has 2 aliphatic rings. The zero-order valence-electron chi connectivity index (χ0n) is 14.4. The molecule has 0 aromatic rings. The van der Waals surface area contributed by atoms with Gasteiger partial charge >= 0.3 is 0 Å². The van der Waals surface area contributed by atoms with E-state index in [1.807, 2.05) is 12.8 Å². The van der Waals surface area contributed by atoms with Crippen molar-refractivity contribution in [2.45, 2.75) is 63.7 Å². The molecule has 6 radical (unpaired) electrons. The molecule has 6 heteroatoms. The van der Waals surface area contributed by atoms with Crippen LogP contribution in [0.25, 0.3) is 0 Å². The van der Waals surface area contributed by atoms with Gasteiger partial charge in [-0.3, -0.25) is 0 Å². The standard InChI is InChI=1S/2C8H13BO.2Y/c2*1-4-8(3)6(2)5-7(9)10-8;;/h2*5-7H,3-4H2,1-2H3;;/q2*-2;;/t6-,7+,8?;6-,7-,8?;;/m01../s1. The van der Waals surface area contributed by atoms with Gasteiger partial charge in [0.05, 0.1) is 15.7 Å². The second-order valence-electron chi connectivity index (χ2n) is 5.96. The van der Waals surface area contributed by atoms with Gasteiger partial charge in [0.2, 0.25) is 0 Å². The molecule has 0 aromatic heterocycles. The van der Waals surface area contributed by atoms with Crippen molar-refractivity contribution in [3.05, 3.63) is 26.7 Å². The molecule has 0 aliphatic carbocycles. The monoisotopic (exact) mass is 450 g/mol. The first kappa shape index (κ1) is 26.5. The Balaban J connectivity index is 0. The van der Waals surface area contributed by atoms with Gasteiger partial charge in [-0.1, -0.05) is 51.7 Å². The summed E-state index contributed by atoms with van der Waals surface area (Å²) in [5.41, 5.74) is -0.529. The fourth-order valence-electron chi connectivity index (χ4n) is 2.57. The normalized spacial score (nSPS) is 43.5. The summed E-state index contributed by atoms with van der Waals surface area (Å²) in [7, 11) is 11.1. The summed E-state index contributed by atoms with van der Waals surface area (Å²) in [5, 5.41) is 0. The number of hydrogen-bond acceptors (Lipinski definition) is 2. The van der Waals surface area contributed by atoms with E-state index in [0.29, 0.717) is 11.8 Å². The first-order valence-electron chi connectivity index (χ1n) is 7.44.